The number of likely N-dealkylation sites (tertiary alicyclic amines) is 1. The SMILES string of the molecule is CCSC1CCCCN(C(=O)Nc2cnn(-c3ncccn3)c2)C1. The van der Waals surface area contributed by atoms with Crippen molar-refractivity contribution in [2.45, 2.75) is 31.4 Å². The number of hydrogen-bond acceptors (Lipinski definition) is 5. The fourth-order valence-electron chi connectivity index (χ4n) is 2.77. The van der Waals surface area contributed by atoms with Crippen molar-refractivity contribution in [3.8, 4) is 5.95 Å². The van der Waals surface area contributed by atoms with Gasteiger partial charge < -0.3 is 10.2 Å². The maximum Gasteiger partial charge on any atom is 0.321 e. The third-order valence-corrected chi connectivity index (χ3v) is 5.10. The lowest BCUT2D eigenvalue weighted by Gasteiger charge is -2.24. The second kappa shape index (κ2) is 8.14. The highest BCUT2D eigenvalue weighted by molar-refractivity contribution is 7.99. The highest BCUT2D eigenvalue weighted by Crippen LogP contribution is 2.22. The van der Waals surface area contributed by atoms with Crippen molar-refractivity contribution in [2.24, 2.45) is 0 Å². The van der Waals surface area contributed by atoms with Crippen LogP contribution < -0.4 is 5.32 Å². The Balaban J connectivity index is 1.63. The largest absolute Gasteiger partial charge is 0.323 e. The van der Waals surface area contributed by atoms with Crippen LogP contribution in [0, 0.1) is 0 Å². The van der Waals surface area contributed by atoms with E-state index >= 15 is 0 Å². The van der Waals surface area contributed by atoms with Crippen LogP contribution in [0.2, 0.25) is 0 Å². The number of urea groups is 1. The van der Waals surface area contributed by atoms with Crippen LogP contribution in [0.4, 0.5) is 10.5 Å². The van der Waals surface area contributed by atoms with Gasteiger partial charge in [0.15, 0.2) is 0 Å². The Kier molecular flexibility index (Phi) is 5.68. The van der Waals surface area contributed by atoms with E-state index in [1.807, 2.05) is 16.7 Å². The molecule has 1 unspecified atom stereocenters. The zero-order valence-electron chi connectivity index (χ0n) is 13.8. The van der Waals surface area contributed by atoms with Gasteiger partial charge in [-0.2, -0.15) is 16.9 Å². The van der Waals surface area contributed by atoms with Crippen LogP contribution >= 0.6 is 11.8 Å². The minimum atomic E-state index is -0.0628. The van der Waals surface area contributed by atoms with Crippen LogP contribution in [0.3, 0.4) is 0 Å². The van der Waals surface area contributed by atoms with E-state index in [0.717, 1.165) is 25.3 Å². The van der Waals surface area contributed by atoms with Crippen molar-refractivity contribution in [1.29, 1.82) is 0 Å². The molecule has 8 heteroatoms. The van der Waals surface area contributed by atoms with E-state index in [1.165, 1.54) is 12.8 Å². The van der Waals surface area contributed by atoms with Crippen molar-refractivity contribution in [3.63, 3.8) is 0 Å². The fraction of sp³-hybridized carbons (Fsp3) is 0.500. The van der Waals surface area contributed by atoms with Gasteiger partial charge in [0.05, 0.1) is 18.1 Å². The van der Waals surface area contributed by atoms with Gasteiger partial charge in [-0.3, -0.25) is 0 Å². The standard InChI is InChI=1S/C16H22N6OS/c1-2-24-14-6-3-4-9-21(12-14)16(23)20-13-10-19-22(11-13)15-17-7-5-8-18-15/h5,7-8,10-11,14H,2-4,6,9,12H2,1H3,(H,20,23). The first-order valence-electron chi connectivity index (χ1n) is 8.26. The van der Waals surface area contributed by atoms with E-state index < -0.39 is 0 Å². The van der Waals surface area contributed by atoms with Crippen LogP contribution in [-0.4, -0.2) is 54.8 Å². The Morgan fingerprint density at radius 3 is 3.00 bits per heavy atom. The zero-order valence-corrected chi connectivity index (χ0v) is 14.6. The lowest BCUT2D eigenvalue weighted by molar-refractivity contribution is 0.214. The summed E-state index contributed by atoms with van der Waals surface area (Å²) in [7, 11) is 0. The molecule has 2 aromatic rings. The first kappa shape index (κ1) is 16.8. The van der Waals surface area contributed by atoms with Crippen molar-refractivity contribution in [2.75, 3.05) is 24.2 Å². The zero-order chi connectivity index (χ0) is 16.8. The second-order valence-corrected chi connectivity index (χ2v) is 7.25. The Morgan fingerprint density at radius 1 is 1.38 bits per heavy atom. The Hall–Kier alpha value is -2.09. The topological polar surface area (TPSA) is 75.9 Å². The van der Waals surface area contributed by atoms with Crippen molar-refractivity contribution >= 4 is 23.5 Å². The summed E-state index contributed by atoms with van der Waals surface area (Å²) < 4.78 is 1.55. The first-order chi connectivity index (χ1) is 11.8. The third kappa shape index (κ3) is 4.25. The van der Waals surface area contributed by atoms with Crippen LogP contribution in [0.1, 0.15) is 26.2 Å². The van der Waals surface area contributed by atoms with E-state index in [9.17, 15) is 4.79 Å². The number of carbonyl (C=O) groups excluding carboxylic acids is 1. The number of nitrogens with one attached hydrogen (secondary N) is 1. The number of anilines is 1. The summed E-state index contributed by atoms with van der Waals surface area (Å²) in [6, 6.07) is 1.69. The van der Waals surface area contributed by atoms with E-state index in [-0.39, 0.29) is 6.03 Å². The molecule has 0 saturated carbocycles. The van der Waals surface area contributed by atoms with E-state index in [4.69, 9.17) is 0 Å². The molecule has 0 aromatic carbocycles. The van der Waals surface area contributed by atoms with Gasteiger partial charge in [0.2, 0.25) is 5.95 Å². The predicted molar refractivity (Wildman–Crippen MR) is 95.5 cm³/mol. The molecule has 7 nitrogen and oxygen atoms in total. The van der Waals surface area contributed by atoms with Crippen LogP contribution in [0.25, 0.3) is 5.95 Å². The third-order valence-electron chi connectivity index (χ3n) is 3.91. The molecule has 1 aliphatic rings. The molecule has 0 aliphatic carbocycles. The summed E-state index contributed by atoms with van der Waals surface area (Å²) in [5.41, 5.74) is 0.649. The molecular formula is C16H22N6OS. The van der Waals surface area contributed by atoms with Crippen LogP contribution in [0.15, 0.2) is 30.9 Å². The molecule has 1 aliphatic heterocycles. The predicted octanol–water partition coefficient (Wildman–Crippen LogP) is 2.80. The number of thioether (sulfide) groups is 1. The summed E-state index contributed by atoms with van der Waals surface area (Å²) in [6.07, 6.45) is 10.1. The van der Waals surface area contributed by atoms with E-state index in [1.54, 1.807) is 35.5 Å². The number of hydrogen-bond donors (Lipinski definition) is 1. The molecule has 0 bridgehead atoms. The van der Waals surface area contributed by atoms with Gasteiger partial charge in [-0.1, -0.05) is 13.3 Å². The number of rotatable bonds is 4. The molecule has 1 N–H and O–H groups in total. The molecule has 2 amide bonds. The minimum absolute atomic E-state index is 0.0628. The Labute approximate surface area is 145 Å². The van der Waals surface area contributed by atoms with Gasteiger partial charge in [0, 0.05) is 30.7 Å². The first-order valence-corrected chi connectivity index (χ1v) is 9.30. The quantitative estimate of drug-likeness (QED) is 0.921. The Bertz CT molecular complexity index is 662. The highest BCUT2D eigenvalue weighted by Gasteiger charge is 2.22. The highest BCUT2D eigenvalue weighted by atomic mass is 32.2. The molecule has 24 heavy (non-hydrogen) atoms. The van der Waals surface area contributed by atoms with Gasteiger partial charge in [-0.25, -0.2) is 19.4 Å². The van der Waals surface area contributed by atoms with Gasteiger partial charge >= 0.3 is 6.03 Å². The van der Waals surface area contributed by atoms with Crippen LogP contribution in [-0.2, 0) is 0 Å². The summed E-state index contributed by atoms with van der Waals surface area (Å²) in [5.74, 6) is 1.57. The van der Waals surface area contributed by atoms with Gasteiger partial charge in [-0.05, 0) is 24.7 Å². The van der Waals surface area contributed by atoms with Gasteiger partial charge in [-0.15, -0.1) is 0 Å². The molecule has 128 valence electrons. The van der Waals surface area contributed by atoms with Crippen molar-refractivity contribution in [3.05, 3.63) is 30.9 Å². The summed E-state index contributed by atoms with van der Waals surface area (Å²) in [6.45, 7) is 3.78. The monoisotopic (exact) mass is 346 g/mol. The molecule has 1 saturated heterocycles. The molecule has 0 radical (unpaired) electrons. The average molecular weight is 346 g/mol. The minimum Gasteiger partial charge on any atom is -0.323 e. The molecule has 3 rings (SSSR count). The number of aromatic nitrogens is 4. The molecule has 1 atom stereocenters. The molecule has 1 fully saturated rings. The maximum atomic E-state index is 12.6. The van der Waals surface area contributed by atoms with Gasteiger partial charge in [0.25, 0.3) is 0 Å². The van der Waals surface area contributed by atoms with Crippen molar-refractivity contribution < 1.29 is 4.79 Å². The number of carbonyl (C=O) groups is 1. The maximum absolute atomic E-state index is 12.6. The summed E-state index contributed by atoms with van der Waals surface area (Å²) in [4.78, 5) is 22.7. The average Bonchev–Trinajstić information content (AvgIpc) is 2.93. The summed E-state index contributed by atoms with van der Waals surface area (Å²) >= 11 is 1.94. The number of nitrogens with zero attached hydrogens (tertiary/aromatic N) is 5. The lowest BCUT2D eigenvalue weighted by atomic mass is 10.2. The smallest absolute Gasteiger partial charge is 0.321 e. The summed E-state index contributed by atoms with van der Waals surface area (Å²) in [5, 5.41) is 7.66. The van der Waals surface area contributed by atoms with Crippen molar-refractivity contribution in [1.82, 2.24) is 24.6 Å². The fourth-order valence-corrected chi connectivity index (χ4v) is 3.86. The molecule has 3 heterocycles. The second-order valence-electron chi connectivity index (χ2n) is 5.67. The lowest BCUT2D eigenvalue weighted by Crippen LogP contribution is -2.38. The normalized spacial score (nSPS) is 18.2. The van der Waals surface area contributed by atoms with Gasteiger partial charge in [0.1, 0.15) is 0 Å². The van der Waals surface area contributed by atoms with E-state index in [0.29, 0.717) is 16.9 Å². The molecular weight excluding hydrogens is 324 g/mol. The van der Waals surface area contributed by atoms with E-state index in [2.05, 4.69) is 27.3 Å². The molecule has 2 aromatic heterocycles. The Morgan fingerprint density at radius 2 is 2.21 bits per heavy atom. The molecule has 0 spiro atoms. The number of amides is 2. The van der Waals surface area contributed by atoms with Crippen LogP contribution in [0.5, 0.6) is 0 Å².